The lowest BCUT2D eigenvalue weighted by Gasteiger charge is -2.37. The molecular weight excluding hydrogens is 292 g/mol. The van der Waals surface area contributed by atoms with Crippen molar-refractivity contribution < 1.29 is 4.74 Å². The summed E-state index contributed by atoms with van der Waals surface area (Å²) in [4.78, 5) is 0. The molecule has 1 nitrogen and oxygen atoms in total. The van der Waals surface area contributed by atoms with E-state index in [0.29, 0.717) is 6.10 Å². The van der Waals surface area contributed by atoms with Crippen molar-refractivity contribution in [3.8, 4) is 0 Å². The van der Waals surface area contributed by atoms with E-state index >= 15 is 0 Å². The van der Waals surface area contributed by atoms with Crippen molar-refractivity contribution in [2.45, 2.75) is 110 Å². The minimum atomic E-state index is 0.583. The van der Waals surface area contributed by atoms with Crippen LogP contribution in [0.5, 0.6) is 0 Å². The van der Waals surface area contributed by atoms with Crippen molar-refractivity contribution in [3.63, 3.8) is 0 Å². The molecule has 2 saturated carbocycles. The molecule has 0 amide bonds. The van der Waals surface area contributed by atoms with Gasteiger partial charge in [0.15, 0.2) is 0 Å². The Morgan fingerprint density at radius 1 is 0.833 bits per heavy atom. The molecule has 0 radical (unpaired) electrons. The van der Waals surface area contributed by atoms with E-state index in [9.17, 15) is 0 Å². The molecule has 2 rings (SSSR count). The zero-order valence-electron chi connectivity index (χ0n) is 16.5. The third kappa shape index (κ3) is 7.30. The number of allylic oxidation sites excluding steroid dienone is 2. The molecule has 2 aliphatic carbocycles. The lowest BCUT2D eigenvalue weighted by molar-refractivity contribution is 0.00534. The Labute approximate surface area is 151 Å². The van der Waals surface area contributed by atoms with Crippen molar-refractivity contribution in [2.75, 3.05) is 6.61 Å². The highest BCUT2D eigenvalue weighted by Crippen LogP contribution is 2.41. The number of unbranched alkanes of at least 4 members (excludes halogenated alkanes) is 3. The Balaban J connectivity index is 1.55. The third-order valence-corrected chi connectivity index (χ3v) is 6.61. The molecule has 0 bridgehead atoms. The first-order chi connectivity index (χ1) is 11.8. The van der Waals surface area contributed by atoms with E-state index in [4.69, 9.17) is 4.74 Å². The normalized spacial score (nSPS) is 31.6. The molecule has 2 aliphatic rings. The zero-order chi connectivity index (χ0) is 17.0. The van der Waals surface area contributed by atoms with Crippen LogP contribution in [0, 0.1) is 17.8 Å². The number of ether oxygens (including phenoxy) is 1. The largest absolute Gasteiger partial charge is 0.378 e. The molecule has 0 spiro atoms. The highest BCUT2D eigenvalue weighted by molar-refractivity contribution is 4.84. The van der Waals surface area contributed by atoms with Gasteiger partial charge in [-0.15, -0.1) is 0 Å². The van der Waals surface area contributed by atoms with Gasteiger partial charge in [0.2, 0.25) is 0 Å². The van der Waals surface area contributed by atoms with Crippen LogP contribution in [0.15, 0.2) is 12.2 Å². The summed E-state index contributed by atoms with van der Waals surface area (Å²) in [6.45, 7) is 5.42. The molecule has 0 aromatic carbocycles. The van der Waals surface area contributed by atoms with E-state index in [1.165, 1.54) is 89.9 Å². The molecule has 1 heteroatoms. The van der Waals surface area contributed by atoms with Gasteiger partial charge in [0.25, 0.3) is 0 Å². The SMILES string of the molecule is C/C=C/CC[C@H]1CC[C@H]([C@H]2CC[C@H](OCCCCCC)CC2)CC1. The molecule has 24 heavy (non-hydrogen) atoms. The highest BCUT2D eigenvalue weighted by Gasteiger charge is 2.30. The molecular formula is C23H42O. The minimum Gasteiger partial charge on any atom is -0.378 e. The van der Waals surface area contributed by atoms with Gasteiger partial charge in [-0.05, 0) is 82.5 Å². The van der Waals surface area contributed by atoms with Crippen molar-refractivity contribution in [3.05, 3.63) is 12.2 Å². The number of hydrogen-bond acceptors (Lipinski definition) is 1. The smallest absolute Gasteiger partial charge is 0.0575 e. The van der Waals surface area contributed by atoms with Gasteiger partial charge in [-0.2, -0.15) is 0 Å². The molecule has 0 heterocycles. The lowest BCUT2D eigenvalue weighted by Crippen LogP contribution is -2.28. The average molecular weight is 335 g/mol. The maximum atomic E-state index is 6.13. The third-order valence-electron chi connectivity index (χ3n) is 6.61. The van der Waals surface area contributed by atoms with Crippen LogP contribution in [0.3, 0.4) is 0 Å². The van der Waals surface area contributed by atoms with Crippen LogP contribution in [-0.2, 0) is 4.74 Å². The fourth-order valence-corrected chi connectivity index (χ4v) is 4.95. The van der Waals surface area contributed by atoms with Crippen molar-refractivity contribution in [1.82, 2.24) is 0 Å². The molecule has 0 saturated heterocycles. The Morgan fingerprint density at radius 2 is 1.50 bits per heavy atom. The first-order valence-corrected chi connectivity index (χ1v) is 11.1. The lowest BCUT2D eigenvalue weighted by atomic mass is 9.70. The molecule has 0 atom stereocenters. The van der Waals surface area contributed by atoms with Crippen molar-refractivity contribution in [1.29, 1.82) is 0 Å². The van der Waals surface area contributed by atoms with E-state index in [1.807, 2.05) is 0 Å². The Kier molecular flexibility index (Phi) is 10.1. The van der Waals surface area contributed by atoms with Gasteiger partial charge in [0.1, 0.15) is 0 Å². The van der Waals surface area contributed by atoms with E-state index in [-0.39, 0.29) is 0 Å². The van der Waals surface area contributed by atoms with Gasteiger partial charge in [0.05, 0.1) is 6.10 Å². The summed E-state index contributed by atoms with van der Waals surface area (Å²) in [5.74, 6) is 3.06. The quantitative estimate of drug-likeness (QED) is 0.301. The van der Waals surface area contributed by atoms with Gasteiger partial charge in [-0.25, -0.2) is 0 Å². The summed E-state index contributed by atoms with van der Waals surface area (Å²) in [6.07, 6.45) is 24.7. The fourth-order valence-electron chi connectivity index (χ4n) is 4.95. The van der Waals surface area contributed by atoms with Crippen LogP contribution in [-0.4, -0.2) is 12.7 Å². The molecule has 0 unspecified atom stereocenters. The van der Waals surface area contributed by atoms with Crippen LogP contribution in [0.25, 0.3) is 0 Å². The summed E-state index contributed by atoms with van der Waals surface area (Å²) < 4.78 is 6.13. The van der Waals surface area contributed by atoms with E-state index in [0.717, 1.165) is 24.4 Å². The molecule has 0 aromatic heterocycles. The number of rotatable bonds is 10. The topological polar surface area (TPSA) is 9.23 Å². The summed E-state index contributed by atoms with van der Waals surface area (Å²) in [5.41, 5.74) is 0. The predicted octanol–water partition coefficient (Wildman–Crippen LogP) is 7.30. The second-order valence-corrected chi connectivity index (χ2v) is 8.40. The van der Waals surface area contributed by atoms with E-state index in [1.54, 1.807) is 0 Å². The molecule has 2 fully saturated rings. The van der Waals surface area contributed by atoms with Gasteiger partial charge < -0.3 is 4.74 Å². The average Bonchev–Trinajstić information content (AvgIpc) is 2.63. The summed E-state index contributed by atoms with van der Waals surface area (Å²) in [7, 11) is 0. The minimum absolute atomic E-state index is 0.583. The molecule has 0 aromatic rings. The van der Waals surface area contributed by atoms with Crippen molar-refractivity contribution >= 4 is 0 Å². The highest BCUT2D eigenvalue weighted by atomic mass is 16.5. The van der Waals surface area contributed by atoms with Gasteiger partial charge in [0, 0.05) is 6.61 Å². The maximum Gasteiger partial charge on any atom is 0.0575 e. The van der Waals surface area contributed by atoms with Crippen LogP contribution in [0.2, 0.25) is 0 Å². The first-order valence-electron chi connectivity index (χ1n) is 11.1. The van der Waals surface area contributed by atoms with Crippen molar-refractivity contribution in [2.24, 2.45) is 17.8 Å². The van der Waals surface area contributed by atoms with Crippen LogP contribution in [0.1, 0.15) is 104 Å². The van der Waals surface area contributed by atoms with Crippen LogP contribution in [0.4, 0.5) is 0 Å². The van der Waals surface area contributed by atoms with E-state index < -0.39 is 0 Å². The van der Waals surface area contributed by atoms with Gasteiger partial charge in [-0.1, -0.05) is 51.2 Å². The maximum absolute atomic E-state index is 6.13. The van der Waals surface area contributed by atoms with Crippen LogP contribution < -0.4 is 0 Å². The first kappa shape index (κ1) is 20.0. The molecule has 0 N–H and O–H groups in total. The summed E-state index contributed by atoms with van der Waals surface area (Å²) >= 11 is 0. The molecule has 140 valence electrons. The second-order valence-electron chi connectivity index (χ2n) is 8.40. The Morgan fingerprint density at radius 3 is 2.12 bits per heavy atom. The predicted molar refractivity (Wildman–Crippen MR) is 105 cm³/mol. The second kappa shape index (κ2) is 12.1. The molecule has 0 aliphatic heterocycles. The Hall–Kier alpha value is -0.300. The zero-order valence-corrected chi connectivity index (χ0v) is 16.5. The summed E-state index contributed by atoms with van der Waals surface area (Å²) in [5, 5.41) is 0. The summed E-state index contributed by atoms with van der Waals surface area (Å²) in [6, 6.07) is 0. The number of hydrogen-bond donors (Lipinski definition) is 0. The van der Waals surface area contributed by atoms with Gasteiger partial charge >= 0.3 is 0 Å². The monoisotopic (exact) mass is 334 g/mol. The fraction of sp³-hybridized carbons (Fsp3) is 0.913. The Bertz CT molecular complexity index is 319. The van der Waals surface area contributed by atoms with E-state index in [2.05, 4.69) is 26.0 Å². The van der Waals surface area contributed by atoms with Gasteiger partial charge in [-0.3, -0.25) is 0 Å². The standard InChI is InChI=1S/C23H42O/c1-3-5-7-9-19-24-23-17-15-22(16-18-23)21-13-11-20(12-14-21)10-8-6-4-2/h4,6,20-23H,3,5,7-19H2,1-2H3/b6-4+/t20-,21-,22-,23-. The van der Waals surface area contributed by atoms with Crippen LogP contribution >= 0.6 is 0 Å².